The largest absolute Gasteiger partial charge is 0.425 e. The summed E-state index contributed by atoms with van der Waals surface area (Å²) in [6, 6.07) is 9.87. The standard InChI is InChI=1S/C19H22N4O2/c1-12(2)17-21-22-18(25-17)13-7-9-23(10-8-13)19(24)16-11-14-5-3-4-6-15(14)20-16/h3-6,11-13,20H,7-10H2,1-2H3. The molecule has 0 unspecified atom stereocenters. The summed E-state index contributed by atoms with van der Waals surface area (Å²) in [7, 11) is 0. The highest BCUT2D eigenvalue weighted by Gasteiger charge is 2.28. The zero-order chi connectivity index (χ0) is 17.4. The van der Waals surface area contributed by atoms with E-state index in [0.717, 1.165) is 23.7 Å². The van der Waals surface area contributed by atoms with E-state index in [-0.39, 0.29) is 17.7 Å². The second kappa shape index (κ2) is 6.35. The zero-order valence-electron chi connectivity index (χ0n) is 14.5. The number of amides is 1. The summed E-state index contributed by atoms with van der Waals surface area (Å²) in [5, 5.41) is 9.37. The maximum atomic E-state index is 12.7. The normalized spacial score (nSPS) is 16.0. The van der Waals surface area contributed by atoms with E-state index < -0.39 is 0 Å². The van der Waals surface area contributed by atoms with Gasteiger partial charge >= 0.3 is 0 Å². The molecule has 0 atom stereocenters. The molecule has 6 heteroatoms. The molecule has 1 aliphatic heterocycles. The average molecular weight is 338 g/mol. The summed E-state index contributed by atoms with van der Waals surface area (Å²) in [4.78, 5) is 17.9. The highest BCUT2D eigenvalue weighted by Crippen LogP contribution is 2.29. The summed E-state index contributed by atoms with van der Waals surface area (Å²) in [6.45, 7) is 5.49. The topological polar surface area (TPSA) is 75.0 Å². The Kier molecular flexibility index (Phi) is 4.03. The third-order valence-corrected chi connectivity index (χ3v) is 4.84. The van der Waals surface area contributed by atoms with Gasteiger partial charge in [-0.05, 0) is 25.0 Å². The monoisotopic (exact) mass is 338 g/mol. The maximum Gasteiger partial charge on any atom is 0.270 e. The van der Waals surface area contributed by atoms with Gasteiger partial charge in [-0.1, -0.05) is 32.0 Å². The van der Waals surface area contributed by atoms with Crippen molar-refractivity contribution in [3.8, 4) is 0 Å². The fourth-order valence-electron chi connectivity index (χ4n) is 3.33. The fraction of sp³-hybridized carbons (Fsp3) is 0.421. The Morgan fingerprint density at radius 2 is 2.00 bits per heavy atom. The first-order valence-corrected chi connectivity index (χ1v) is 8.82. The van der Waals surface area contributed by atoms with E-state index in [9.17, 15) is 4.79 Å². The lowest BCUT2D eigenvalue weighted by Crippen LogP contribution is -2.38. The lowest BCUT2D eigenvalue weighted by molar-refractivity contribution is 0.0701. The third-order valence-electron chi connectivity index (χ3n) is 4.84. The number of fused-ring (bicyclic) bond motifs is 1. The SMILES string of the molecule is CC(C)c1nnc(C2CCN(C(=O)c3cc4ccccc4[nH]3)CC2)o1. The molecule has 0 radical (unpaired) electrons. The van der Waals surface area contributed by atoms with Gasteiger partial charge in [-0.2, -0.15) is 0 Å². The van der Waals surface area contributed by atoms with Crippen LogP contribution in [0.4, 0.5) is 0 Å². The summed E-state index contributed by atoms with van der Waals surface area (Å²) >= 11 is 0. The molecule has 1 aliphatic rings. The van der Waals surface area contributed by atoms with Crippen molar-refractivity contribution >= 4 is 16.8 Å². The number of carbonyl (C=O) groups excluding carboxylic acids is 1. The molecule has 1 saturated heterocycles. The van der Waals surface area contributed by atoms with Gasteiger partial charge in [0.1, 0.15) is 5.69 Å². The minimum Gasteiger partial charge on any atom is -0.425 e. The summed E-state index contributed by atoms with van der Waals surface area (Å²) in [5.74, 6) is 1.94. The lowest BCUT2D eigenvalue weighted by atomic mass is 9.96. The molecule has 4 rings (SSSR count). The smallest absolute Gasteiger partial charge is 0.270 e. The molecule has 1 fully saturated rings. The number of carbonyl (C=O) groups is 1. The Hall–Kier alpha value is -2.63. The van der Waals surface area contributed by atoms with Crippen LogP contribution in [0.25, 0.3) is 10.9 Å². The average Bonchev–Trinajstić information content (AvgIpc) is 3.28. The highest BCUT2D eigenvalue weighted by atomic mass is 16.4. The van der Waals surface area contributed by atoms with Crippen LogP contribution in [0.1, 0.15) is 60.8 Å². The van der Waals surface area contributed by atoms with Gasteiger partial charge in [0.05, 0.1) is 0 Å². The van der Waals surface area contributed by atoms with Gasteiger partial charge in [0.25, 0.3) is 5.91 Å². The van der Waals surface area contributed by atoms with Crippen LogP contribution < -0.4 is 0 Å². The van der Waals surface area contributed by atoms with E-state index >= 15 is 0 Å². The Labute approximate surface area is 146 Å². The van der Waals surface area contributed by atoms with Crippen LogP contribution >= 0.6 is 0 Å². The van der Waals surface area contributed by atoms with E-state index in [1.807, 2.05) is 49.1 Å². The number of nitrogens with zero attached hydrogens (tertiary/aromatic N) is 3. The van der Waals surface area contributed by atoms with Crippen LogP contribution in [-0.2, 0) is 0 Å². The van der Waals surface area contributed by atoms with E-state index in [2.05, 4.69) is 15.2 Å². The number of piperidine rings is 1. The van der Waals surface area contributed by atoms with Crippen molar-refractivity contribution < 1.29 is 9.21 Å². The molecule has 3 heterocycles. The van der Waals surface area contributed by atoms with Gasteiger partial charge in [0.2, 0.25) is 11.8 Å². The Morgan fingerprint density at radius 3 is 2.68 bits per heavy atom. The molecule has 130 valence electrons. The second-order valence-corrected chi connectivity index (χ2v) is 6.97. The molecule has 0 aliphatic carbocycles. The predicted octanol–water partition coefficient (Wildman–Crippen LogP) is 3.69. The summed E-state index contributed by atoms with van der Waals surface area (Å²) in [6.07, 6.45) is 1.71. The van der Waals surface area contributed by atoms with Crippen molar-refractivity contribution in [2.75, 3.05) is 13.1 Å². The van der Waals surface area contributed by atoms with Crippen LogP contribution in [0.15, 0.2) is 34.7 Å². The first-order valence-electron chi connectivity index (χ1n) is 8.82. The highest BCUT2D eigenvalue weighted by molar-refractivity contribution is 5.98. The molecule has 25 heavy (non-hydrogen) atoms. The minimum atomic E-state index is 0.0584. The van der Waals surface area contributed by atoms with Gasteiger partial charge in [-0.25, -0.2) is 0 Å². The molecule has 1 aromatic carbocycles. The number of aromatic nitrogens is 3. The van der Waals surface area contributed by atoms with Crippen molar-refractivity contribution in [3.05, 3.63) is 47.8 Å². The lowest BCUT2D eigenvalue weighted by Gasteiger charge is -2.30. The van der Waals surface area contributed by atoms with Gasteiger partial charge in [0.15, 0.2) is 0 Å². The molecule has 2 aromatic heterocycles. The second-order valence-electron chi connectivity index (χ2n) is 6.97. The predicted molar refractivity (Wildman–Crippen MR) is 94.6 cm³/mol. The molecule has 1 N–H and O–H groups in total. The number of likely N-dealkylation sites (tertiary alicyclic amines) is 1. The number of para-hydroxylation sites is 1. The number of nitrogens with one attached hydrogen (secondary N) is 1. The molecule has 0 saturated carbocycles. The number of rotatable bonds is 3. The number of aromatic amines is 1. The molecular formula is C19H22N4O2. The van der Waals surface area contributed by atoms with Crippen molar-refractivity contribution in [1.29, 1.82) is 0 Å². The van der Waals surface area contributed by atoms with Crippen molar-refractivity contribution in [2.24, 2.45) is 0 Å². The van der Waals surface area contributed by atoms with Gasteiger partial charge in [0, 0.05) is 35.8 Å². The van der Waals surface area contributed by atoms with Crippen molar-refractivity contribution in [2.45, 2.75) is 38.5 Å². The molecule has 6 nitrogen and oxygen atoms in total. The van der Waals surface area contributed by atoms with Crippen LogP contribution in [0.3, 0.4) is 0 Å². The van der Waals surface area contributed by atoms with E-state index in [1.165, 1.54) is 0 Å². The van der Waals surface area contributed by atoms with Crippen LogP contribution in [0.5, 0.6) is 0 Å². The van der Waals surface area contributed by atoms with Crippen molar-refractivity contribution in [1.82, 2.24) is 20.1 Å². The first-order chi connectivity index (χ1) is 12.1. The Morgan fingerprint density at radius 1 is 1.24 bits per heavy atom. The maximum absolute atomic E-state index is 12.7. The fourth-order valence-corrected chi connectivity index (χ4v) is 3.33. The number of H-pyrrole nitrogens is 1. The molecule has 0 bridgehead atoms. The molecular weight excluding hydrogens is 316 g/mol. The number of benzene rings is 1. The molecule has 3 aromatic rings. The summed E-state index contributed by atoms with van der Waals surface area (Å²) < 4.78 is 5.77. The van der Waals surface area contributed by atoms with E-state index in [1.54, 1.807) is 0 Å². The van der Waals surface area contributed by atoms with Crippen LogP contribution in [0.2, 0.25) is 0 Å². The van der Waals surface area contributed by atoms with Gasteiger partial charge < -0.3 is 14.3 Å². The Balaban J connectivity index is 1.43. The van der Waals surface area contributed by atoms with E-state index in [4.69, 9.17) is 4.42 Å². The number of hydrogen-bond donors (Lipinski definition) is 1. The molecule has 1 amide bonds. The number of hydrogen-bond acceptors (Lipinski definition) is 4. The summed E-state index contributed by atoms with van der Waals surface area (Å²) in [5.41, 5.74) is 1.65. The quantitative estimate of drug-likeness (QED) is 0.790. The van der Waals surface area contributed by atoms with Crippen LogP contribution in [-0.4, -0.2) is 39.1 Å². The van der Waals surface area contributed by atoms with Crippen molar-refractivity contribution in [3.63, 3.8) is 0 Å². The van der Waals surface area contributed by atoms with Crippen LogP contribution in [0, 0.1) is 0 Å². The third kappa shape index (κ3) is 3.04. The van der Waals surface area contributed by atoms with Gasteiger partial charge in [-0.3, -0.25) is 4.79 Å². The van der Waals surface area contributed by atoms with Gasteiger partial charge in [-0.15, -0.1) is 10.2 Å². The molecule has 0 spiro atoms. The zero-order valence-corrected chi connectivity index (χ0v) is 14.5. The Bertz CT molecular complexity index is 855. The van der Waals surface area contributed by atoms with E-state index in [0.29, 0.717) is 30.6 Å². The first kappa shape index (κ1) is 15.9. The minimum absolute atomic E-state index is 0.0584.